The van der Waals surface area contributed by atoms with Crippen molar-refractivity contribution in [2.45, 2.75) is 32.6 Å². The highest BCUT2D eigenvalue weighted by Crippen LogP contribution is 2.43. The number of nitrogens with zero attached hydrogens (tertiary/aromatic N) is 1. The minimum atomic E-state index is 0.0683. The zero-order valence-electron chi connectivity index (χ0n) is 10.6. The van der Waals surface area contributed by atoms with Gasteiger partial charge in [-0.25, -0.2) is 0 Å². The van der Waals surface area contributed by atoms with Gasteiger partial charge in [-0.3, -0.25) is 4.79 Å². The number of carbonyl (C=O) groups excluding carboxylic acids is 1. The summed E-state index contributed by atoms with van der Waals surface area (Å²) < 4.78 is 0. The minimum absolute atomic E-state index is 0.0683. The lowest BCUT2D eigenvalue weighted by molar-refractivity contribution is -0.117. The van der Waals surface area contributed by atoms with E-state index in [1.165, 1.54) is 12.8 Å². The molecule has 2 rings (SSSR count). The van der Waals surface area contributed by atoms with Crippen LogP contribution in [0.5, 0.6) is 0 Å². The lowest BCUT2D eigenvalue weighted by Crippen LogP contribution is -2.15. The predicted molar refractivity (Wildman–Crippen MR) is 70.9 cm³/mol. The van der Waals surface area contributed by atoms with Crippen LogP contribution in [0.1, 0.15) is 38.2 Å². The van der Waals surface area contributed by atoms with Gasteiger partial charge in [-0.05, 0) is 30.9 Å². The topological polar surface area (TPSA) is 52.9 Å². The second kappa shape index (κ2) is 5.68. The van der Waals surface area contributed by atoms with Crippen LogP contribution in [0.2, 0.25) is 0 Å². The van der Waals surface area contributed by atoms with E-state index >= 15 is 0 Å². The first-order valence-corrected chi connectivity index (χ1v) is 6.56. The van der Waals surface area contributed by atoms with Crippen LogP contribution in [-0.4, -0.2) is 5.91 Å². The molecule has 1 aromatic carbocycles. The number of para-hydroxylation sites is 1. The highest BCUT2D eigenvalue weighted by atomic mass is 16.2. The number of unbranched alkanes of at least 4 members (excludes halogenated alkanes) is 1. The van der Waals surface area contributed by atoms with Crippen molar-refractivity contribution >= 4 is 11.6 Å². The van der Waals surface area contributed by atoms with Gasteiger partial charge >= 0.3 is 0 Å². The number of hydrogen-bond donors (Lipinski definition) is 1. The Morgan fingerprint density at radius 1 is 1.50 bits per heavy atom. The van der Waals surface area contributed by atoms with Gasteiger partial charge in [-0.1, -0.05) is 31.9 Å². The standard InChI is InChI=1S/C15H18N2O/c1-2-3-6-11-9-13(11)15(18)17-14-8-5-4-7-12(14)10-16/h4-5,7-8,11,13H,2-3,6,9H2,1H3,(H,17,18)/t11-,13+/m1/s1. The fraction of sp³-hybridized carbons (Fsp3) is 0.467. The van der Waals surface area contributed by atoms with E-state index in [0.717, 1.165) is 12.8 Å². The maximum absolute atomic E-state index is 12.0. The average Bonchev–Trinajstić information content (AvgIpc) is 3.16. The van der Waals surface area contributed by atoms with Crippen LogP contribution in [0.3, 0.4) is 0 Å². The molecule has 3 heteroatoms. The Bertz CT molecular complexity index is 476. The predicted octanol–water partition coefficient (Wildman–Crippen LogP) is 3.32. The Hall–Kier alpha value is -1.82. The van der Waals surface area contributed by atoms with Crippen LogP contribution in [0.4, 0.5) is 5.69 Å². The average molecular weight is 242 g/mol. The lowest BCUT2D eigenvalue weighted by atomic mass is 10.1. The minimum Gasteiger partial charge on any atom is -0.325 e. The summed E-state index contributed by atoms with van der Waals surface area (Å²) >= 11 is 0. The van der Waals surface area contributed by atoms with E-state index in [0.29, 0.717) is 17.2 Å². The SMILES string of the molecule is CCCC[C@@H]1C[C@@H]1C(=O)Nc1ccccc1C#N. The number of nitrogens with one attached hydrogen (secondary N) is 1. The molecule has 0 aromatic heterocycles. The summed E-state index contributed by atoms with van der Waals surface area (Å²) in [5, 5.41) is 11.8. The van der Waals surface area contributed by atoms with Gasteiger partial charge in [0.05, 0.1) is 11.3 Å². The first-order chi connectivity index (χ1) is 8.76. The number of rotatable bonds is 5. The molecule has 2 atom stereocenters. The summed E-state index contributed by atoms with van der Waals surface area (Å²) in [5.41, 5.74) is 1.16. The number of hydrogen-bond acceptors (Lipinski definition) is 2. The summed E-state index contributed by atoms with van der Waals surface area (Å²) in [4.78, 5) is 12.0. The van der Waals surface area contributed by atoms with E-state index in [1.54, 1.807) is 18.2 Å². The number of anilines is 1. The monoisotopic (exact) mass is 242 g/mol. The molecular weight excluding hydrogens is 224 g/mol. The van der Waals surface area contributed by atoms with Gasteiger partial charge in [0.2, 0.25) is 5.91 Å². The van der Waals surface area contributed by atoms with E-state index < -0.39 is 0 Å². The number of benzene rings is 1. The zero-order chi connectivity index (χ0) is 13.0. The number of nitriles is 1. The molecule has 1 aliphatic rings. The van der Waals surface area contributed by atoms with Crippen molar-refractivity contribution in [2.75, 3.05) is 5.32 Å². The van der Waals surface area contributed by atoms with Crippen LogP contribution in [0.25, 0.3) is 0 Å². The molecule has 94 valence electrons. The maximum atomic E-state index is 12.0. The van der Waals surface area contributed by atoms with E-state index in [1.807, 2.05) is 6.07 Å². The third-order valence-electron chi connectivity index (χ3n) is 3.49. The van der Waals surface area contributed by atoms with E-state index in [2.05, 4.69) is 18.3 Å². The number of amides is 1. The van der Waals surface area contributed by atoms with Crippen LogP contribution in [0.15, 0.2) is 24.3 Å². The molecule has 0 heterocycles. The molecule has 1 fully saturated rings. The quantitative estimate of drug-likeness (QED) is 0.861. The Labute approximate surface area is 108 Å². The van der Waals surface area contributed by atoms with Crippen LogP contribution in [-0.2, 0) is 4.79 Å². The van der Waals surface area contributed by atoms with Crippen molar-refractivity contribution in [1.29, 1.82) is 5.26 Å². The largest absolute Gasteiger partial charge is 0.325 e. The second-order valence-corrected chi connectivity index (χ2v) is 4.89. The molecule has 0 unspecified atom stereocenters. The first kappa shape index (κ1) is 12.6. The molecule has 1 aromatic rings. The Balaban J connectivity index is 1.91. The number of carbonyl (C=O) groups is 1. The summed E-state index contributed by atoms with van der Waals surface area (Å²) in [6, 6.07) is 9.22. The van der Waals surface area contributed by atoms with Crippen molar-refractivity contribution in [3.05, 3.63) is 29.8 Å². The van der Waals surface area contributed by atoms with Crippen molar-refractivity contribution in [2.24, 2.45) is 11.8 Å². The van der Waals surface area contributed by atoms with Crippen molar-refractivity contribution in [3.8, 4) is 6.07 Å². The summed E-state index contributed by atoms with van der Waals surface area (Å²) in [7, 11) is 0. The van der Waals surface area contributed by atoms with Crippen LogP contribution < -0.4 is 5.32 Å². The molecule has 0 saturated heterocycles. The molecular formula is C15H18N2O. The second-order valence-electron chi connectivity index (χ2n) is 4.89. The van der Waals surface area contributed by atoms with Gasteiger partial charge < -0.3 is 5.32 Å². The molecule has 18 heavy (non-hydrogen) atoms. The van der Waals surface area contributed by atoms with Gasteiger partial charge in [-0.15, -0.1) is 0 Å². The fourth-order valence-electron chi connectivity index (χ4n) is 2.27. The van der Waals surface area contributed by atoms with E-state index in [9.17, 15) is 4.79 Å². The molecule has 0 aliphatic heterocycles. The fourth-order valence-corrected chi connectivity index (χ4v) is 2.27. The smallest absolute Gasteiger partial charge is 0.227 e. The van der Waals surface area contributed by atoms with Crippen molar-refractivity contribution in [1.82, 2.24) is 0 Å². The maximum Gasteiger partial charge on any atom is 0.227 e. The van der Waals surface area contributed by atoms with Crippen LogP contribution >= 0.6 is 0 Å². The van der Waals surface area contributed by atoms with Gasteiger partial charge in [-0.2, -0.15) is 5.26 Å². The lowest BCUT2D eigenvalue weighted by Gasteiger charge is -2.06. The summed E-state index contributed by atoms with van der Waals surface area (Å²) in [6.07, 6.45) is 4.53. The first-order valence-electron chi connectivity index (χ1n) is 6.56. The Morgan fingerprint density at radius 3 is 3.00 bits per heavy atom. The summed E-state index contributed by atoms with van der Waals surface area (Å²) in [6.45, 7) is 2.17. The van der Waals surface area contributed by atoms with Gasteiger partial charge in [0.1, 0.15) is 6.07 Å². The Morgan fingerprint density at radius 2 is 2.28 bits per heavy atom. The van der Waals surface area contributed by atoms with E-state index in [-0.39, 0.29) is 11.8 Å². The zero-order valence-corrected chi connectivity index (χ0v) is 10.6. The molecule has 1 saturated carbocycles. The molecule has 0 bridgehead atoms. The molecule has 1 amide bonds. The molecule has 0 spiro atoms. The van der Waals surface area contributed by atoms with Crippen LogP contribution in [0, 0.1) is 23.2 Å². The van der Waals surface area contributed by atoms with Gasteiger partial charge in [0, 0.05) is 5.92 Å². The molecule has 1 N–H and O–H groups in total. The van der Waals surface area contributed by atoms with E-state index in [4.69, 9.17) is 5.26 Å². The molecule has 0 radical (unpaired) electrons. The highest BCUT2D eigenvalue weighted by Gasteiger charge is 2.42. The normalized spacial score (nSPS) is 21.1. The van der Waals surface area contributed by atoms with Gasteiger partial charge in [0.15, 0.2) is 0 Å². The highest BCUT2D eigenvalue weighted by molar-refractivity contribution is 5.95. The summed E-state index contributed by atoms with van der Waals surface area (Å²) in [5.74, 6) is 0.779. The molecule has 1 aliphatic carbocycles. The Kier molecular flexibility index (Phi) is 3.99. The van der Waals surface area contributed by atoms with Crippen molar-refractivity contribution < 1.29 is 4.79 Å². The molecule has 3 nitrogen and oxygen atoms in total. The third-order valence-corrected chi connectivity index (χ3v) is 3.49. The van der Waals surface area contributed by atoms with Gasteiger partial charge in [0.25, 0.3) is 0 Å². The van der Waals surface area contributed by atoms with Crippen molar-refractivity contribution in [3.63, 3.8) is 0 Å². The third kappa shape index (κ3) is 2.89.